The van der Waals surface area contributed by atoms with Crippen molar-refractivity contribution < 1.29 is 9.53 Å². The molecule has 0 saturated carbocycles. The zero-order valence-electron chi connectivity index (χ0n) is 14.6. The maximum absolute atomic E-state index is 12.3. The summed E-state index contributed by atoms with van der Waals surface area (Å²) in [5.41, 5.74) is 5.53. The molecule has 130 valence electrons. The van der Waals surface area contributed by atoms with Crippen LogP contribution in [0.15, 0.2) is 71.6 Å². The molecule has 4 rings (SSSR count). The second kappa shape index (κ2) is 6.69. The van der Waals surface area contributed by atoms with E-state index in [0.717, 1.165) is 11.3 Å². The number of aliphatic imine (C=N–C) groups is 1. The van der Waals surface area contributed by atoms with Gasteiger partial charge in [-0.25, -0.2) is 0 Å². The first-order valence-electron chi connectivity index (χ1n) is 8.52. The Balaban J connectivity index is 1.52. The summed E-state index contributed by atoms with van der Waals surface area (Å²) in [7, 11) is 0. The van der Waals surface area contributed by atoms with Gasteiger partial charge in [-0.2, -0.15) is 0 Å². The van der Waals surface area contributed by atoms with Crippen molar-refractivity contribution in [2.75, 3.05) is 0 Å². The van der Waals surface area contributed by atoms with Gasteiger partial charge < -0.3 is 10.1 Å². The first-order valence-corrected chi connectivity index (χ1v) is 8.52. The van der Waals surface area contributed by atoms with Crippen LogP contribution in [0.1, 0.15) is 33.3 Å². The molecule has 0 spiro atoms. The van der Waals surface area contributed by atoms with Crippen molar-refractivity contribution in [2.24, 2.45) is 4.99 Å². The normalized spacial score (nSPS) is 21.0. The molecule has 5 nitrogen and oxygen atoms in total. The Bertz CT molecular complexity index is 945. The Morgan fingerprint density at radius 1 is 1.19 bits per heavy atom. The fourth-order valence-corrected chi connectivity index (χ4v) is 2.96. The molecule has 1 aliphatic carbocycles. The average molecular weight is 345 g/mol. The predicted octanol–water partition coefficient (Wildman–Crippen LogP) is 3.42. The van der Waals surface area contributed by atoms with Crippen LogP contribution in [-0.4, -0.2) is 22.7 Å². The topological polar surface area (TPSA) is 63.6 Å². The molecule has 1 aliphatic heterocycles. The molecule has 5 heteroatoms. The minimum Gasteiger partial charge on any atom is -0.339 e. The maximum atomic E-state index is 12.3. The summed E-state index contributed by atoms with van der Waals surface area (Å²) in [6, 6.07) is 9.71. The number of pyridine rings is 1. The van der Waals surface area contributed by atoms with Crippen LogP contribution in [-0.2, 0) is 4.74 Å². The van der Waals surface area contributed by atoms with Gasteiger partial charge in [-0.15, -0.1) is 0 Å². The van der Waals surface area contributed by atoms with Crippen LogP contribution in [0.3, 0.4) is 0 Å². The van der Waals surface area contributed by atoms with E-state index in [1.807, 2.05) is 24.3 Å². The standard InChI is InChI=1S/C21H19N3O2/c1-13-5-6-15(10-14(13)2)21-24-18-11-17(7-8-19(18)26-21)23-20(25)16-4-3-9-22-12-16/h3-12,19,21H,1-2H3,(H,23,25)/t19-,21-/m0/s1. The smallest absolute Gasteiger partial charge is 0.257 e. The third kappa shape index (κ3) is 3.21. The lowest BCUT2D eigenvalue weighted by molar-refractivity contribution is 0.0732. The number of ether oxygens (including phenoxy) is 1. The van der Waals surface area contributed by atoms with Crippen LogP contribution in [0.5, 0.6) is 0 Å². The molecule has 2 aromatic rings. The Hall–Kier alpha value is -3.05. The second-order valence-corrected chi connectivity index (χ2v) is 6.46. The largest absolute Gasteiger partial charge is 0.339 e. The molecule has 2 atom stereocenters. The number of carbonyl (C=O) groups excluding carboxylic acids is 1. The monoisotopic (exact) mass is 345 g/mol. The highest BCUT2D eigenvalue weighted by Gasteiger charge is 2.29. The van der Waals surface area contributed by atoms with Gasteiger partial charge in [0.1, 0.15) is 6.10 Å². The first kappa shape index (κ1) is 16.4. The van der Waals surface area contributed by atoms with Gasteiger partial charge in [0.25, 0.3) is 5.91 Å². The molecule has 0 radical (unpaired) electrons. The number of amides is 1. The van der Waals surface area contributed by atoms with E-state index in [1.165, 1.54) is 17.3 Å². The van der Waals surface area contributed by atoms with Crippen LogP contribution < -0.4 is 5.32 Å². The minimum absolute atomic E-state index is 0.180. The summed E-state index contributed by atoms with van der Waals surface area (Å²) in [6.07, 6.45) is 8.30. The maximum Gasteiger partial charge on any atom is 0.257 e. The number of hydrogen-bond acceptors (Lipinski definition) is 4. The summed E-state index contributed by atoms with van der Waals surface area (Å²) in [5, 5.41) is 2.88. The second-order valence-electron chi connectivity index (χ2n) is 6.46. The summed E-state index contributed by atoms with van der Waals surface area (Å²) in [4.78, 5) is 20.9. The lowest BCUT2D eigenvalue weighted by Crippen LogP contribution is -2.26. The van der Waals surface area contributed by atoms with E-state index in [2.05, 4.69) is 41.3 Å². The molecule has 2 heterocycles. The number of allylic oxidation sites excluding steroid dienone is 1. The van der Waals surface area contributed by atoms with Crippen LogP contribution in [0.4, 0.5) is 0 Å². The minimum atomic E-state index is -0.316. The van der Waals surface area contributed by atoms with E-state index in [-0.39, 0.29) is 18.2 Å². The third-order valence-corrected chi connectivity index (χ3v) is 4.59. The number of fused-ring (bicyclic) bond motifs is 1. The quantitative estimate of drug-likeness (QED) is 0.927. The highest BCUT2D eigenvalue weighted by molar-refractivity contribution is 6.04. The van der Waals surface area contributed by atoms with Crippen molar-refractivity contribution in [1.29, 1.82) is 0 Å². The van der Waals surface area contributed by atoms with Gasteiger partial charge in [-0.3, -0.25) is 14.8 Å². The number of nitrogens with one attached hydrogen (secondary N) is 1. The van der Waals surface area contributed by atoms with E-state index in [9.17, 15) is 4.79 Å². The Kier molecular flexibility index (Phi) is 4.22. The number of benzene rings is 1. The van der Waals surface area contributed by atoms with E-state index >= 15 is 0 Å². The highest BCUT2D eigenvalue weighted by atomic mass is 16.5. The molecular weight excluding hydrogens is 326 g/mol. The molecule has 0 fully saturated rings. The fourth-order valence-electron chi connectivity index (χ4n) is 2.96. The van der Waals surface area contributed by atoms with Crippen LogP contribution in [0, 0.1) is 13.8 Å². The van der Waals surface area contributed by atoms with Crippen molar-refractivity contribution in [3.63, 3.8) is 0 Å². The summed E-state index contributed by atoms with van der Waals surface area (Å²) in [6.45, 7) is 4.17. The van der Waals surface area contributed by atoms with Crippen LogP contribution in [0.2, 0.25) is 0 Å². The fraction of sp³-hybridized carbons (Fsp3) is 0.190. The molecular formula is C21H19N3O2. The molecule has 0 bridgehead atoms. The highest BCUT2D eigenvalue weighted by Crippen LogP contribution is 2.31. The summed E-state index contributed by atoms with van der Waals surface area (Å²) >= 11 is 0. The van der Waals surface area contributed by atoms with Gasteiger partial charge in [-0.05, 0) is 55.3 Å². The zero-order valence-corrected chi connectivity index (χ0v) is 14.6. The van der Waals surface area contributed by atoms with Crippen molar-refractivity contribution >= 4 is 11.6 Å². The van der Waals surface area contributed by atoms with E-state index < -0.39 is 0 Å². The van der Waals surface area contributed by atoms with Gasteiger partial charge in [-0.1, -0.05) is 18.2 Å². The number of rotatable bonds is 3. The van der Waals surface area contributed by atoms with E-state index in [1.54, 1.807) is 18.3 Å². The SMILES string of the molecule is Cc1ccc([C@H]2N=C3C=C(NC(=O)c4cccnc4)C=C[C@@H]3O2)cc1C. The number of hydrogen-bond donors (Lipinski definition) is 1. The lowest BCUT2D eigenvalue weighted by atomic mass is 10.1. The lowest BCUT2D eigenvalue weighted by Gasteiger charge is -2.15. The van der Waals surface area contributed by atoms with Gasteiger partial charge >= 0.3 is 0 Å². The van der Waals surface area contributed by atoms with E-state index in [0.29, 0.717) is 11.3 Å². The van der Waals surface area contributed by atoms with Gasteiger partial charge in [0.15, 0.2) is 6.23 Å². The Morgan fingerprint density at radius 2 is 2.08 bits per heavy atom. The Labute approximate surface area is 152 Å². The number of nitrogens with zero attached hydrogens (tertiary/aromatic N) is 2. The number of carbonyl (C=O) groups is 1. The zero-order chi connectivity index (χ0) is 18.1. The first-order chi connectivity index (χ1) is 12.6. The molecule has 1 aromatic heterocycles. The van der Waals surface area contributed by atoms with Crippen LogP contribution in [0.25, 0.3) is 0 Å². The van der Waals surface area contributed by atoms with Crippen molar-refractivity contribution in [1.82, 2.24) is 10.3 Å². The summed E-state index contributed by atoms with van der Waals surface area (Å²) < 4.78 is 6.03. The molecule has 0 saturated heterocycles. The molecule has 26 heavy (non-hydrogen) atoms. The molecule has 1 N–H and O–H groups in total. The number of aryl methyl sites for hydroxylation is 2. The van der Waals surface area contributed by atoms with Gasteiger partial charge in [0.05, 0.1) is 11.3 Å². The van der Waals surface area contributed by atoms with Crippen molar-refractivity contribution in [3.05, 3.63) is 88.9 Å². The molecule has 1 aromatic carbocycles. The summed E-state index contributed by atoms with van der Waals surface area (Å²) in [5.74, 6) is -0.197. The average Bonchev–Trinajstić information content (AvgIpc) is 3.08. The van der Waals surface area contributed by atoms with Crippen LogP contribution >= 0.6 is 0 Å². The predicted molar refractivity (Wildman–Crippen MR) is 99.9 cm³/mol. The molecule has 1 amide bonds. The Morgan fingerprint density at radius 3 is 2.85 bits per heavy atom. The third-order valence-electron chi connectivity index (χ3n) is 4.59. The van der Waals surface area contributed by atoms with Gasteiger partial charge in [0, 0.05) is 23.7 Å². The van der Waals surface area contributed by atoms with Crippen molar-refractivity contribution in [3.8, 4) is 0 Å². The molecule has 0 unspecified atom stereocenters. The van der Waals surface area contributed by atoms with E-state index in [4.69, 9.17) is 4.74 Å². The van der Waals surface area contributed by atoms with Gasteiger partial charge in [0.2, 0.25) is 0 Å². The number of aromatic nitrogens is 1. The van der Waals surface area contributed by atoms with Crippen molar-refractivity contribution in [2.45, 2.75) is 26.2 Å². The molecule has 2 aliphatic rings.